The predicted molar refractivity (Wildman–Crippen MR) is 119 cm³/mol. The van der Waals surface area contributed by atoms with Gasteiger partial charge in [0.15, 0.2) is 6.10 Å². The highest BCUT2D eigenvalue weighted by Gasteiger charge is 2.28. The van der Waals surface area contributed by atoms with E-state index in [4.69, 9.17) is 19.9 Å². The summed E-state index contributed by atoms with van der Waals surface area (Å²) in [7, 11) is 1.38. The molecule has 0 fully saturated rings. The SMILES string of the molecule is CO[C@@H](/C=C/C(=O)NO)[C@@H](OC(=O)Nc1ccc(C#N)cc1)c1ccc(O)c2ccccc12. The molecular weight excluding hydrogens is 426 g/mol. The molecule has 4 N–H and O–H groups in total. The summed E-state index contributed by atoms with van der Waals surface area (Å²) >= 11 is 0. The summed E-state index contributed by atoms with van der Waals surface area (Å²) < 4.78 is 11.2. The van der Waals surface area contributed by atoms with Crippen LogP contribution in [0.2, 0.25) is 0 Å². The Morgan fingerprint density at radius 3 is 2.39 bits per heavy atom. The predicted octanol–water partition coefficient (Wildman–Crippen LogP) is 3.78. The maximum atomic E-state index is 12.7. The fraction of sp³-hybridized carbons (Fsp3) is 0.125. The third-order valence-corrected chi connectivity index (χ3v) is 4.85. The van der Waals surface area contributed by atoms with Crippen molar-refractivity contribution in [3.05, 3.63) is 83.9 Å². The van der Waals surface area contributed by atoms with Crippen LogP contribution >= 0.6 is 0 Å². The third-order valence-electron chi connectivity index (χ3n) is 4.85. The van der Waals surface area contributed by atoms with E-state index in [0.29, 0.717) is 27.6 Å². The molecule has 3 aromatic carbocycles. The van der Waals surface area contributed by atoms with E-state index in [2.05, 4.69) is 5.32 Å². The molecule has 2 amide bonds. The lowest BCUT2D eigenvalue weighted by Gasteiger charge is -2.25. The molecule has 2 atom stereocenters. The molecule has 0 heterocycles. The van der Waals surface area contributed by atoms with Crippen molar-refractivity contribution in [3.63, 3.8) is 0 Å². The summed E-state index contributed by atoms with van der Waals surface area (Å²) in [6.45, 7) is 0. The van der Waals surface area contributed by atoms with E-state index in [9.17, 15) is 14.7 Å². The number of hydrogen-bond donors (Lipinski definition) is 4. The Hall–Kier alpha value is -4.39. The molecule has 0 unspecified atom stereocenters. The van der Waals surface area contributed by atoms with Crippen LogP contribution in [0.4, 0.5) is 10.5 Å². The second kappa shape index (κ2) is 10.8. The van der Waals surface area contributed by atoms with Crippen molar-refractivity contribution < 1.29 is 29.4 Å². The highest BCUT2D eigenvalue weighted by atomic mass is 16.6. The van der Waals surface area contributed by atoms with Crippen molar-refractivity contribution >= 4 is 28.5 Å². The minimum absolute atomic E-state index is 0.0549. The first-order valence-electron chi connectivity index (χ1n) is 9.80. The Labute approximate surface area is 189 Å². The normalized spacial score (nSPS) is 12.6. The monoisotopic (exact) mass is 447 g/mol. The highest BCUT2D eigenvalue weighted by molar-refractivity contribution is 5.92. The molecule has 0 bridgehead atoms. The first kappa shape index (κ1) is 23.3. The molecule has 9 nitrogen and oxygen atoms in total. The van der Waals surface area contributed by atoms with Crippen molar-refractivity contribution in [2.24, 2.45) is 0 Å². The molecule has 0 aliphatic heterocycles. The van der Waals surface area contributed by atoms with Crippen LogP contribution in [0, 0.1) is 11.3 Å². The average Bonchev–Trinajstić information content (AvgIpc) is 2.84. The van der Waals surface area contributed by atoms with Gasteiger partial charge in [-0.25, -0.2) is 10.3 Å². The van der Waals surface area contributed by atoms with Gasteiger partial charge in [0, 0.05) is 29.8 Å². The number of rotatable bonds is 7. The standard InChI is InChI=1S/C24H21N3O6/c1-32-21(12-13-22(29)27-31)23(19-10-11-20(28)18-5-3-2-4-17(18)19)33-24(30)26-16-8-6-15(14-25)7-9-16/h2-13,21,23,28,31H,1H3,(H,26,30)(H,27,29)/b13-12+/t21-,23-/m0/s1. The fourth-order valence-corrected chi connectivity index (χ4v) is 3.28. The number of benzene rings is 3. The molecule has 0 saturated carbocycles. The Morgan fingerprint density at radius 2 is 1.76 bits per heavy atom. The summed E-state index contributed by atoms with van der Waals surface area (Å²) in [6.07, 6.45) is -0.356. The van der Waals surface area contributed by atoms with Gasteiger partial charge in [0.25, 0.3) is 5.91 Å². The molecule has 0 saturated heterocycles. The lowest BCUT2D eigenvalue weighted by atomic mass is 9.96. The number of amides is 2. The van der Waals surface area contributed by atoms with E-state index in [1.807, 2.05) is 6.07 Å². The van der Waals surface area contributed by atoms with Crippen LogP contribution in [0.15, 0.2) is 72.8 Å². The van der Waals surface area contributed by atoms with Crippen molar-refractivity contribution in [2.45, 2.75) is 12.2 Å². The first-order valence-corrected chi connectivity index (χ1v) is 9.80. The zero-order valence-electron chi connectivity index (χ0n) is 17.6. The van der Waals surface area contributed by atoms with Crippen molar-refractivity contribution in [3.8, 4) is 11.8 Å². The zero-order valence-corrected chi connectivity index (χ0v) is 17.6. The summed E-state index contributed by atoms with van der Waals surface area (Å²) in [4.78, 5) is 24.2. The summed E-state index contributed by atoms with van der Waals surface area (Å²) in [5.74, 6) is -0.729. The maximum absolute atomic E-state index is 12.7. The molecule has 0 aliphatic rings. The van der Waals surface area contributed by atoms with E-state index in [0.717, 1.165) is 6.08 Å². The van der Waals surface area contributed by atoms with Gasteiger partial charge in [-0.2, -0.15) is 5.26 Å². The Morgan fingerprint density at radius 1 is 1.06 bits per heavy atom. The number of nitrogens with zero attached hydrogens (tertiary/aromatic N) is 1. The van der Waals surface area contributed by atoms with E-state index in [-0.39, 0.29) is 5.75 Å². The van der Waals surface area contributed by atoms with Crippen LogP contribution < -0.4 is 10.8 Å². The minimum atomic E-state index is -1.03. The van der Waals surface area contributed by atoms with Gasteiger partial charge in [0.2, 0.25) is 0 Å². The molecule has 9 heteroatoms. The second-order valence-corrected chi connectivity index (χ2v) is 6.90. The van der Waals surface area contributed by atoms with Gasteiger partial charge in [0.1, 0.15) is 11.9 Å². The molecule has 3 aromatic rings. The number of phenolic OH excluding ortho intramolecular Hbond substituents is 1. The van der Waals surface area contributed by atoms with Crippen LogP contribution in [-0.2, 0) is 14.3 Å². The van der Waals surface area contributed by atoms with E-state index in [1.165, 1.54) is 24.7 Å². The average molecular weight is 447 g/mol. The van der Waals surface area contributed by atoms with E-state index >= 15 is 0 Å². The quantitative estimate of drug-likeness (QED) is 0.245. The van der Waals surface area contributed by atoms with Crippen LogP contribution in [0.5, 0.6) is 5.75 Å². The number of nitrogens with one attached hydrogen (secondary N) is 2. The zero-order chi connectivity index (χ0) is 23.8. The van der Waals surface area contributed by atoms with Gasteiger partial charge in [0.05, 0.1) is 11.6 Å². The van der Waals surface area contributed by atoms with Crippen LogP contribution in [-0.4, -0.2) is 35.5 Å². The maximum Gasteiger partial charge on any atom is 0.412 e. The number of hydroxylamine groups is 1. The Balaban J connectivity index is 1.97. The molecule has 3 rings (SSSR count). The number of aromatic hydroxyl groups is 1. The van der Waals surface area contributed by atoms with E-state index < -0.39 is 24.2 Å². The van der Waals surface area contributed by atoms with Crippen LogP contribution in [0.1, 0.15) is 17.2 Å². The minimum Gasteiger partial charge on any atom is -0.507 e. The smallest absolute Gasteiger partial charge is 0.412 e. The van der Waals surface area contributed by atoms with Crippen LogP contribution in [0.25, 0.3) is 10.8 Å². The van der Waals surface area contributed by atoms with Gasteiger partial charge >= 0.3 is 6.09 Å². The largest absolute Gasteiger partial charge is 0.507 e. The van der Waals surface area contributed by atoms with Crippen molar-refractivity contribution in [1.82, 2.24) is 5.48 Å². The summed E-state index contributed by atoms with van der Waals surface area (Å²) in [5.41, 5.74) is 2.87. The highest BCUT2D eigenvalue weighted by Crippen LogP contribution is 2.35. The number of anilines is 1. The van der Waals surface area contributed by atoms with Gasteiger partial charge in [-0.3, -0.25) is 15.3 Å². The van der Waals surface area contributed by atoms with Gasteiger partial charge in [-0.05, 0) is 41.8 Å². The first-order chi connectivity index (χ1) is 16.0. The number of fused-ring (bicyclic) bond motifs is 1. The Bertz CT molecular complexity index is 1220. The number of carbonyl (C=O) groups is 2. The molecule has 0 aromatic heterocycles. The number of methoxy groups -OCH3 is 1. The van der Waals surface area contributed by atoms with E-state index in [1.54, 1.807) is 54.6 Å². The van der Waals surface area contributed by atoms with Gasteiger partial charge in [-0.1, -0.05) is 30.3 Å². The molecule has 33 heavy (non-hydrogen) atoms. The number of hydrogen-bond acceptors (Lipinski definition) is 7. The topological polar surface area (TPSA) is 141 Å². The Kier molecular flexibility index (Phi) is 7.60. The third kappa shape index (κ3) is 5.65. The van der Waals surface area contributed by atoms with Crippen LogP contribution in [0.3, 0.4) is 0 Å². The van der Waals surface area contributed by atoms with Gasteiger partial charge < -0.3 is 14.6 Å². The summed E-state index contributed by atoms with van der Waals surface area (Å²) in [5, 5.41) is 31.7. The molecular formula is C24H21N3O6. The number of ether oxygens (including phenoxy) is 2. The number of nitriles is 1. The number of carbonyl (C=O) groups excluding carboxylic acids is 2. The van der Waals surface area contributed by atoms with Crippen molar-refractivity contribution in [2.75, 3.05) is 12.4 Å². The second-order valence-electron chi connectivity index (χ2n) is 6.90. The lowest BCUT2D eigenvalue weighted by molar-refractivity contribution is -0.124. The summed E-state index contributed by atoms with van der Waals surface area (Å²) in [6, 6.07) is 18.3. The lowest BCUT2D eigenvalue weighted by Crippen LogP contribution is -2.27. The van der Waals surface area contributed by atoms with Gasteiger partial charge in [-0.15, -0.1) is 0 Å². The van der Waals surface area contributed by atoms with Crippen molar-refractivity contribution in [1.29, 1.82) is 5.26 Å². The molecule has 0 spiro atoms. The molecule has 168 valence electrons. The molecule has 0 aliphatic carbocycles. The fourth-order valence-electron chi connectivity index (χ4n) is 3.28. The number of phenols is 1. The molecule has 0 radical (unpaired) electrons.